The Bertz CT molecular complexity index is 389. The molecule has 0 aromatic rings. The van der Waals surface area contributed by atoms with Crippen LogP contribution in [-0.2, 0) is 0 Å². The minimum Gasteiger partial charge on any atom is -0.0968 e. The van der Waals surface area contributed by atoms with Crippen LogP contribution >= 0.6 is 0 Å². The molecule has 1 aliphatic rings. The molecule has 0 spiro atoms. The van der Waals surface area contributed by atoms with Crippen molar-refractivity contribution in [3.63, 3.8) is 0 Å². The Morgan fingerprint density at radius 1 is 0.500 bits per heavy atom. The van der Waals surface area contributed by atoms with E-state index in [0.717, 1.165) is 18.5 Å². The zero-order valence-corrected chi connectivity index (χ0v) is 20.7. The Balaban J connectivity index is 1.85. The molecule has 1 unspecified atom stereocenters. The molecule has 1 atom stereocenters. The lowest BCUT2D eigenvalue weighted by molar-refractivity contribution is 0.379. The number of rotatable bonds is 23. The maximum absolute atomic E-state index is 4.34. The Labute approximate surface area is 189 Å². The molecule has 2 heteroatoms. The molecule has 0 amide bonds. The largest absolute Gasteiger partial charge is 0.240 e. The van der Waals surface area contributed by atoms with Crippen LogP contribution in [0.1, 0.15) is 155 Å². The third-order valence-corrected chi connectivity index (χ3v) is 6.72. The predicted octanol–water partition coefficient (Wildman–Crippen LogP) is 9.87. The van der Waals surface area contributed by atoms with Crippen molar-refractivity contribution in [3.8, 4) is 0 Å². The lowest BCUT2D eigenvalue weighted by atomic mass is 9.90. The highest BCUT2D eigenvalue weighted by Crippen LogP contribution is 2.26. The van der Waals surface area contributed by atoms with Crippen LogP contribution in [0.3, 0.4) is 0 Å². The standard InChI is InChI=1S/C28H53N2/c1-3-5-7-8-9-10-11-12-13-14-15-16-17-18-19-20-22-27(21-6-4-2)23-24-28-29-25-26-30-28/h25-27H,3-24H2,1-2H3/q+1. The summed E-state index contributed by atoms with van der Waals surface area (Å²) in [5.41, 5.74) is 0. The van der Waals surface area contributed by atoms with E-state index in [1.165, 1.54) is 135 Å². The summed E-state index contributed by atoms with van der Waals surface area (Å²) in [5.74, 6) is 0.884. The minimum absolute atomic E-state index is 0.884. The molecule has 1 rings (SSSR count). The lowest BCUT2D eigenvalue weighted by Crippen LogP contribution is -2.03. The molecule has 0 saturated heterocycles. The van der Waals surface area contributed by atoms with E-state index >= 15 is 0 Å². The molecular weight excluding hydrogens is 364 g/mol. The Morgan fingerprint density at radius 3 is 1.37 bits per heavy atom. The monoisotopic (exact) mass is 417 g/mol. The van der Waals surface area contributed by atoms with E-state index in [2.05, 4.69) is 23.8 Å². The fraction of sp³-hybridized carbons (Fsp3) is 0.893. The van der Waals surface area contributed by atoms with Crippen LogP contribution in [0.5, 0.6) is 0 Å². The SMILES string of the molecule is CCCCCCCCCCCCCCCCCCC(CCCC)CC[C+]1N=CC=N1. The van der Waals surface area contributed by atoms with Gasteiger partial charge in [-0.2, -0.15) is 0 Å². The summed E-state index contributed by atoms with van der Waals surface area (Å²) in [6.07, 6.45) is 35.8. The summed E-state index contributed by atoms with van der Waals surface area (Å²) in [5, 5.41) is 0. The van der Waals surface area contributed by atoms with Crippen LogP contribution in [0, 0.1) is 12.1 Å². The van der Waals surface area contributed by atoms with Gasteiger partial charge in [0.15, 0.2) is 12.4 Å². The molecule has 174 valence electrons. The van der Waals surface area contributed by atoms with Gasteiger partial charge in [-0.3, -0.25) is 0 Å². The van der Waals surface area contributed by atoms with Crippen LogP contribution in [-0.4, -0.2) is 12.4 Å². The van der Waals surface area contributed by atoms with E-state index in [1.54, 1.807) is 0 Å². The van der Waals surface area contributed by atoms with Crippen LogP contribution in [0.2, 0.25) is 0 Å². The maximum Gasteiger partial charge on any atom is 0.240 e. The molecule has 30 heavy (non-hydrogen) atoms. The summed E-state index contributed by atoms with van der Waals surface area (Å²) in [6.45, 7) is 4.61. The van der Waals surface area contributed by atoms with E-state index < -0.39 is 0 Å². The van der Waals surface area contributed by atoms with Crippen molar-refractivity contribution in [2.45, 2.75) is 155 Å². The normalized spacial score (nSPS) is 14.1. The van der Waals surface area contributed by atoms with Gasteiger partial charge in [-0.15, -0.1) is 0 Å². The molecular formula is C28H53N2+. The van der Waals surface area contributed by atoms with E-state index in [9.17, 15) is 0 Å². The average molecular weight is 418 g/mol. The van der Waals surface area contributed by atoms with Gasteiger partial charge < -0.3 is 0 Å². The van der Waals surface area contributed by atoms with Gasteiger partial charge in [0.05, 0.1) is 6.42 Å². The van der Waals surface area contributed by atoms with E-state index in [0.29, 0.717) is 0 Å². The minimum atomic E-state index is 0.884. The van der Waals surface area contributed by atoms with Crippen molar-refractivity contribution in [1.29, 1.82) is 0 Å². The smallest absolute Gasteiger partial charge is 0.0968 e. The van der Waals surface area contributed by atoms with Crippen molar-refractivity contribution >= 4 is 12.4 Å². The van der Waals surface area contributed by atoms with Crippen LogP contribution in [0.25, 0.3) is 0 Å². The summed E-state index contributed by atoms with van der Waals surface area (Å²) in [4.78, 5) is 8.67. The first-order chi connectivity index (χ1) is 14.9. The van der Waals surface area contributed by atoms with Gasteiger partial charge in [0.25, 0.3) is 0 Å². The fourth-order valence-electron chi connectivity index (χ4n) is 4.64. The summed E-state index contributed by atoms with van der Waals surface area (Å²) < 4.78 is 0. The Morgan fingerprint density at radius 2 is 0.900 bits per heavy atom. The molecule has 1 aliphatic heterocycles. The molecule has 0 saturated carbocycles. The molecule has 0 bridgehead atoms. The van der Waals surface area contributed by atoms with Gasteiger partial charge >= 0.3 is 0 Å². The van der Waals surface area contributed by atoms with Crippen LogP contribution in [0.15, 0.2) is 9.98 Å². The Kier molecular flexibility index (Phi) is 19.5. The molecule has 2 nitrogen and oxygen atoms in total. The highest BCUT2D eigenvalue weighted by Gasteiger charge is 2.18. The summed E-state index contributed by atoms with van der Waals surface area (Å²) in [6, 6.07) is 0. The molecule has 0 N–H and O–H groups in total. The van der Waals surface area contributed by atoms with Gasteiger partial charge in [0.1, 0.15) is 0 Å². The van der Waals surface area contributed by atoms with Gasteiger partial charge in [0.2, 0.25) is 6.17 Å². The van der Waals surface area contributed by atoms with Crippen molar-refractivity contribution < 1.29 is 0 Å². The number of hydrogen-bond donors (Lipinski definition) is 0. The second-order valence-corrected chi connectivity index (χ2v) is 9.61. The predicted molar refractivity (Wildman–Crippen MR) is 137 cm³/mol. The first kappa shape index (κ1) is 27.2. The highest BCUT2D eigenvalue weighted by molar-refractivity contribution is 6.18. The first-order valence-electron chi connectivity index (χ1n) is 13.8. The zero-order chi connectivity index (χ0) is 21.5. The highest BCUT2D eigenvalue weighted by atomic mass is 15.0. The van der Waals surface area contributed by atoms with Crippen LogP contribution in [0.4, 0.5) is 0 Å². The maximum atomic E-state index is 4.34. The lowest BCUT2D eigenvalue weighted by Gasteiger charge is -2.15. The average Bonchev–Trinajstić information content (AvgIpc) is 3.28. The van der Waals surface area contributed by atoms with Gasteiger partial charge in [0, 0.05) is 0 Å². The second-order valence-electron chi connectivity index (χ2n) is 9.61. The molecule has 0 aromatic carbocycles. The topological polar surface area (TPSA) is 24.7 Å². The summed E-state index contributed by atoms with van der Waals surface area (Å²) >= 11 is 0. The third kappa shape index (κ3) is 16.9. The third-order valence-electron chi connectivity index (χ3n) is 6.72. The summed E-state index contributed by atoms with van der Waals surface area (Å²) in [7, 11) is 0. The Hall–Kier alpha value is -0.790. The van der Waals surface area contributed by atoms with Crippen molar-refractivity contribution in [2.75, 3.05) is 0 Å². The second kappa shape index (κ2) is 21.4. The fourth-order valence-corrected chi connectivity index (χ4v) is 4.64. The molecule has 0 fully saturated rings. The van der Waals surface area contributed by atoms with Gasteiger partial charge in [-0.1, -0.05) is 152 Å². The van der Waals surface area contributed by atoms with E-state index in [-0.39, 0.29) is 0 Å². The van der Waals surface area contributed by atoms with Gasteiger partial charge in [-0.05, 0) is 12.3 Å². The number of nitrogens with zero attached hydrogens (tertiary/aromatic N) is 2. The number of aliphatic imine (C=N–C) groups is 2. The quantitative estimate of drug-likeness (QED) is 0.117. The molecule has 0 radical (unpaired) electrons. The number of hydrogen-bond acceptors (Lipinski definition) is 2. The molecule has 0 aromatic heterocycles. The molecule has 1 heterocycles. The van der Waals surface area contributed by atoms with Crippen molar-refractivity contribution in [3.05, 3.63) is 6.17 Å². The number of unbranched alkanes of at least 4 members (excludes halogenated alkanes) is 16. The van der Waals surface area contributed by atoms with Crippen LogP contribution < -0.4 is 0 Å². The van der Waals surface area contributed by atoms with E-state index in [1.807, 2.05) is 12.4 Å². The van der Waals surface area contributed by atoms with E-state index in [4.69, 9.17) is 0 Å². The van der Waals surface area contributed by atoms with Crippen molar-refractivity contribution in [1.82, 2.24) is 0 Å². The first-order valence-corrected chi connectivity index (χ1v) is 13.8. The van der Waals surface area contributed by atoms with Gasteiger partial charge in [-0.25, -0.2) is 0 Å². The zero-order valence-electron chi connectivity index (χ0n) is 20.7. The van der Waals surface area contributed by atoms with Crippen molar-refractivity contribution in [2.24, 2.45) is 15.9 Å². The molecule has 0 aliphatic carbocycles.